The number of allylic oxidation sites excluding steroid dienone is 1. The van der Waals surface area contributed by atoms with Crippen molar-refractivity contribution in [2.45, 2.75) is 0 Å². The molecule has 2 aromatic rings. The molecule has 0 fully saturated rings. The fourth-order valence-electron chi connectivity index (χ4n) is 2.21. The predicted molar refractivity (Wildman–Crippen MR) is 95.2 cm³/mol. The van der Waals surface area contributed by atoms with E-state index in [2.05, 4.69) is 5.32 Å². The number of benzene rings is 1. The zero-order chi connectivity index (χ0) is 17.5. The van der Waals surface area contributed by atoms with E-state index in [0.29, 0.717) is 17.2 Å². The minimum Gasteiger partial charge on any atom is -0.493 e. The molecule has 1 N–H and O–H groups in total. The minimum absolute atomic E-state index is 0.112. The van der Waals surface area contributed by atoms with Crippen molar-refractivity contribution >= 4 is 17.5 Å². The highest BCUT2D eigenvalue weighted by atomic mass is 16.5. The molecule has 0 bridgehead atoms. The summed E-state index contributed by atoms with van der Waals surface area (Å²) in [5.74, 6) is 0.819. The summed E-state index contributed by atoms with van der Waals surface area (Å²) >= 11 is 0. The van der Waals surface area contributed by atoms with Gasteiger partial charge < -0.3 is 14.8 Å². The van der Waals surface area contributed by atoms with Crippen LogP contribution in [-0.2, 0) is 0 Å². The second kappa shape index (κ2) is 7.97. The smallest absolute Gasteiger partial charge is 0.212 e. The van der Waals surface area contributed by atoms with Crippen LogP contribution in [0.15, 0.2) is 53.3 Å². The first-order valence-electron chi connectivity index (χ1n) is 7.36. The molecule has 0 aliphatic carbocycles. The van der Waals surface area contributed by atoms with Gasteiger partial charge in [-0.15, -0.1) is 0 Å². The van der Waals surface area contributed by atoms with Gasteiger partial charge in [0.25, 0.3) is 0 Å². The lowest BCUT2D eigenvalue weighted by Crippen LogP contribution is -2.14. The molecular weight excluding hydrogens is 306 g/mol. The van der Waals surface area contributed by atoms with Gasteiger partial charge in [-0.05, 0) is 35.9 Å². The highest BCUT2D eigenvalue weighted by molar-refractivity contribution is 6.07. The largest absolute Gasteiger partial charge is 0.493 e. The number of nitrogens with one attached hydrogen (secondary N) is 1. The van der Waals surface area contributed by atoms with Gasteiger partial charge >= 0.3 is 0 Å². The Hall–Kier alpha value is -3.08. The number of hydrogen-bond donors (Lipinski definition) is 1. The number of methoxy groups -OCH3 is 2. The quantitative estimate of drug-likeness (QED) is 0.653. The molecule has 2 rings (SSSR count). The van der Waals surface area contributed by atoms with Crippen molar-refractivity contribution in [3.8, 4) is 11.5 Å². The van der Waals surface area contributed by atoms with Gasteiger partial charge in [-0.3, -0.25) is 9.59 Å². The van der Waals surface area contributed by atoms with Crippen molar-refractivity contribution in [3.63, 3.8) is 0 Å². The van der Waals surface area contributed by atoms with E-state index >= 15 is 0 Å². The van der Waals surface area contributed by atoms with E-state index in [4.69, 9.17) is 9.47 Å². The van der Waals surface area contributed by atoms with E-state index in [1.54, 1.807) is 63.7 Å². The third-order valence-electron chi connectivity index (χ3n) is 3.50. The number of carbonyl (C=O) groups is 1. The Morgan fingerprint density at radius 3 is 2.42 bits per heavy atom. The molecule has 0 atom stereocenters. The third kappa shape index (κ3) is 3.81. The molecule has 0 saturated heterocycles. The van der Waals surface area contributed by atoms with E-state index < -0.39 is 0 Å². The summed E-state index contributed by atoms with van der Waals surface area (Å²) < 4.78 is 10.4. The van der Waals surface area contributed by atoms with E-state index in [-0.39, 0.29) is 16.8 Å². The molecule has 0 spiro atoms. The van der Waals surface area contributed by atoms with Gasteiger partial charge in [-0.25, -0.2) is 0 Å². The van der Waals surface area contributed by atoms with Gasteiger partial charge in [-0.2, -0.15) is 0 Å². The Morgan fingerprint density at radius 1 is 1.04 bits per heavy atom. The lowest BCUT2D eigenvalue weighted by atomic mass is 10.1. The molecule has 0 amide bonds. The normalized spacial score (nSPS) is 10.5. The minimum atomic E-state index is -0.359. The standard InChI is InChI=1S/C19H19NO4/c1-20-15-7-5-4-6-14(19(15)22)16(21)10-8-13-9-11-17(23-2)18(12-13)24-3/h4-12H,1-3H3,(H,20,22)/b10-8+. The summed E-state index contributed by atoms with van der Waals surface area (Å²) in [6.07, 6.45) is 3.01. The maximum absolute atomic E-state index is 12.4. The summed E-state index contributed by atoms with van der Waals surface area (Å²) in [5, 5.41) is 2.79. The number of carbonyl (C=O) groups excluding carboxylic acids is 1. The van der Waals surface area contributed by atoms with Crippen molar-refractivity contribution in [1.29, 1.82) is 0 Å². The van der Waals surface area contributed by atoms with Crippen LogP contribution in [0.5, 0.6) is 11.5 Å². The van der Waals surface area contributed by atoms with Gasteiger partial charge in [0.1, 0.15) is 0 Å². The molecule has 0 saturated carbocycles. The molecule has 5 heteroatoms. The van der Waals surface area contributed by atoms with Crippen molar-refractivity contribution in [2.75, 3.05) is 26.6 Å². The SMILES string of the molecule is CNc1ccccc(C(=O)/C=C/c2ccc(OC)c(OC)c2)c1=O. The average Bonchev–Trinajstić information content (AvgIpc) is 2.80. The first-order chi connectivity index (χ1) is 11.6. The molecular formula is C19H19NO4. The topological polar surface area (TPSA) is 64.6 Å². The van der Waals surface area contributed by atoms with Crippen LogP contribution in [0.1, 0.15) is 15.9 Å². The zero-order valence-electron chi connectivity index (χ0n) is 13.8. The van der Waals surface area contributed by atoms with Crippen LogP contribution in [0.2, 0.25) is 0 Å². The summed E-state index contributed by atoms with van der Waals surface area (Å²) in [4.78, 5) is 24.6. The van der Waals surface area contributed by atoms with E-state index in [0.717, 1.165) is 5.56 Å². The van der Waals surface area contributed by atoms with Crippen molar-refractivity contribution in [1.82, 2.24) is 0 Å². The van der Waals surface area contributed by atoms with Gasteiger partial charge in [0.05, 0.1) is 25.5 Å². The Morgan fingerprint density at radius 2 is 1.75 bits per heavy atom. The molecule has 2 aromatic carbocycles. The molecule has 0 unspecified atom stereocenters. The van der Waals surface area contributed by atoms with Gasteiger partial charge in [0.15, 0.2) is 17.3 Å². The third-order valence-corrected chi connectivity index (χ3v) is 3.50. The zero-order valence-corrected chi connectivity index (χ0v) is 13.8. The molecule has 0 aliphatic heterocycles. The van der Waals surface area contributed by atoms with Crippen LogP contribution >= 0.6 is 0 Å². The molecule has 5 nitrogen and oxygen atoms in total. The molecule has 0 heterocycles. The predicted octanol–water partition coefficient (Wildman–Crippen LogP) is 3.00. The lowest BCUT2D eigenvalue weighted by Gasteiger charge is -2.07. The molecule has 24 heavy (non-hydrogen) atoms. The first kappa shape index (κ1) is 17.3. The van der Waals surface area contributed by atoms with Crippen molar-refractivity contribution in [2.24, 2.45) is 0 Å². The van der Waals surface area contributed by atoms with Crippen LogP contribution in [0.4, 0.5) is 5.69 Å². The van der Waals surface area contributed by atoms with Crippen LogP contribution in [0, 0.1) is 0 Å². The van der Waals surface area contributed by atoms with E-state index in [9.17, 15) is 9.59 Å². The fourth-order valence-corrected chi connectivity index (χ4v) is 2.21. The van der Waals surface area contributed by atoms with Gasteiger partial charge in [0, 0.05) is 7.05 Å². The van der Waals surface area contributed by atoms with Crippen LogP contribution < -0.4 is 20.2 Å². The Balaban J connectivity index is 2.32. The highest BCUT2D eigenvalue weighted by Crippen LogP contribution is 2.27. The second-order valence-corrected chi connectivity index (χ2v) is 4.94. The summed E-state index contributed by atoms with van der Waals surface area (Å²) in [5.41, 5.74) is 0.927. The summed E-state index contributed by atoms with van der Waals surface area (Å²) in [6.45, 7) is 0. The highest BCUT2D eigenvalue weighted by Gasteiger charge is 2.09. The van der Waals surface area contributed by atoms with Crippen LogP contribution in [0.3, 0.4) is 0 Å². The Kier molecular flexibility index (Phi) is 5.73. The lowest BCUT2D eigenvalue weighted by molar-refractivity contribution is 0.104. The molecule has 0 radical (unpaired) electrons. The van der Waals surface area contributed by atoms with Gasteiger partial charge in [0.2, 0.25) is 5.43 Å². The monoisotopic (exact) mass is 325 g/mol. The first-order valence-corrected chi connectivity index (χ1v) is 7.36. The number of ketones is 1. The Bertz CT molecular complexity index is 828. The van der Waals surface area contributed by atoms with E-state index in [1.807, 2.05) is 0 Å². The number of hydrogen-bond acceptors (Lipinski definition) is 5. The Labute approximate surface area is 140 Å². The average molecular weight is 325 g/mol. The molecule has 0 aromatic heterocycles. The fraction of sp³-hybridized carbons (Fsp3) is 0.158. The van der Waals surface area contributed by atoms with Crippen molar-refractivity contribution < 1.29 is 14.3 Å². The van der Waals surface area contributed by atoms with Gasteiger partial charge in [-0.1, -0.05) is 24.3 Å². The summed E-state index contributed by atoms with van der Waals surface area (Å²) in [7, 11) is 4.75. The van der Waals surface area contributed by atoms with Crippen LogP contribution in [0.25, 0.3) is 6.08 Å². The number of anilines is 1. The maximum Gasteiger partial charge on any atom is 0.212 e. The molecule has 124 valence electrons. The summed E-state index contributed by atoms with van der Waals surface area (Å²) in [6, 6.07) is 11.8. The van der Waals surface area contributed by atoms with E-state index in [1.165, 1.54) is 12.1 Å². The van der Waals surface area contributed by atoms with Crippen molar-refractivity contribution in [3.05, 3.63) is 69.9 Å². The second-order valence-electron chi connectivity index (χ2n) is 4.94. The number of ether oxygens (including phenoxy) is 2. The number of rotatable bonds is 6. The van der Waals surface area contributed by atoms with Crippen LogP contribution in [-0.4, -0.2) is 27.1 Å². The molecule has 0 aliphatic rings. The maximum atomic E-state index is 12.4.